The van der Waals surface area contributed by atoms with Gasteiger partial charge in [0.1, 0.15) is 0 Å². The van der Waals surface area contributed by atoms with Crippen molar-refractivity contribution in [1.82, 2.24) is 5.32 Å². The maximum Gasteiger partial charge on any atom is 0.0104 e. The first-order valence-electron chi connectivity index (χ1n) is 6.34. The van der Waals surface area contributed by atoms with E-state index in [1.165, 1.54) is 30.8 Å². The lowest BCUT2D eigenvalue weighted by Gasteiger charge is -2.27. The molecule has 0 amide bonds. The van der Waals surface area contributed by atoms with Crippen LogP contribution in [0.5, 0.6) is 0 Å². The standard InChI is InChI=1S/C13H27NS/c1-5-14-12(6-8-13(2,3)4)11-7-9-15-10-11/h11-12,14H,5-10H2,1-4H3. The molecule has 1 nitrogen and oxygen atoms in total. The summed E-state index contributed by atoms with van der Waals surface area (Å²) in [5.74, 6) is 3.68. The third-order valence-electron chi connectivity index (χ3n) is 3.21. The number of hydrogen-bond donors (Lipinski definition) is 1. The molecular weight excluding hydrogens is 202 g/mol. The van der Waals surface area contributed by atoms with E-state index in [9.17, 15) is 0 Å². The first-order valence-corrected chi connectivity index (χ1v) is 7.49. The van der Waals surface area contributed by atoms with Crippen molar-refractivity contribution < 1.29 is 0 Å². The quantitative estimate of drug-likeness (QED) is 0.774. The molecule has 2 heteroatoms. The normalized spacial score (nSPS) is 24.4. The third-order valence-corrected chi connectivity index (χ3v) is 4.39. The zero-order chi connectivity index (χ0) is 11.3. The first kappa shape index (κ1) is 13.4. The molecular formula is C13H27NS. The van der Waals surface area contributed by atoms with Crippen LogP contribution >= 0.6 is 11.8 Å². The van der Waals surface area contributed by atoms with E-state index >= 15 is 0 Å². The van der Waals surface area contributed by atoms with Gasteiger partial charge in [0, 0.05) is 6.04 Å². The summed E-state index contributed by atoms with van der Waals surface area (Å²) in [6.07, 6.45) is 4.11. The lowest BCUT2D eigenvalue weighted by molar-refractivity contribution is 0.292. The van der Waals surface area contributed by atoms with E-state index in [0.29, 0.717) is 5.41 Å². The van der Waals surface area contributed by atoms with Crippen molar-refractivity contribution in [3.8, 4) is 0 Å². The first-order chi connectivity index (χ1) is 7.03. The molecule has 1 saturated heterocycles. The van der Waals surface area contributed by atoms with Gasteiger partial charge in [-0.1, -0.05) is 27.7 Å². The summed E-state index contributed by atoms with van der Waals surface area (Å²) >= 11 is 2.13. The van der Waals surface area contributed by atoms with Gasteiger partial charge in [0.2, 0.25) is 0 Å². The maximum absolute atomic E-state index is 3.68. The van der Waals surface area contributed by atoms with Crippen LogP contribution in [-0.4, -0.2) is 24.1 Å². The van der Waals surface area contributed by atoms with Crippen molar-refractivity contribution in [3.63, 3.8) is 0 Å². The van der Waals surface area contributed by atoms with E-state index in [-0.39, 0.29) is 0 Å². The minimum absolute atomic E-state index is 0.486. The van der Waals surface area contributed by atoms with E-state index < -0.39 is 0 Å². The summed E-state index contributed by atoms with van der Waals surface area (Å²) in [7, 11) is 0. The smallest absolute Gasteiger partial charge is 0.0104 e. The summed E-state index contributed by atoms with van der Waals surface area (Å²) in [4.78, 5) is 0. The molecule has 1 heterocycles. The van der Waals surface area contributed by atoms with Crippen LogP contribution < -0.4 is 5.32 Å². The van der Waals surface area contributed by atoms with Crippen LogP contribution in [-0.2, 0) is 0 Å². The number of hydrogen-bond acceptors (Lipinski definition) is 2. The Labute approximate surface area is 99.8 Å². The molecule has 1 fully saturated rings. The van der Waals surface area contributed by atoms with Crippen LogP contribution in [0.15, 0.2) is 0 Å². The lowest BCUT2D eigenvalue weighted by Crippen LogP contribution is -2.37. The molecule has 0 aromatic carbocycles. The molecule has 0 radical (unpaired) electrons. The Balaban J connectivity index is 2.35. The van der Waals surface area contributed by atoms with Crippen molar-refractivity contribution in [1.29, 1.82) is 0 Å². The molecule has 0 spiro atoms. The van der Waals surface area contributed by atoms with E-state index in [0.717, 1.165) is 18.5 Å². The molecule has 1 aliphatic rings. The summed E-state index contributed by atoms with van der Waals surface area (Å²) in [6, 6.07) is 0.768. The van der Waals surface area contributed by atoms with Gasteiger partial charge in [-0.3, -0.25) is 0 Å². The van der Waals surface area contributed by atoms with Gasteiger partial charge in [0.25, 0.3) is 0 Å². The van der Waals surface area contributed by atoms with Crippen LogP contribution in [0.2, 0.25) is 0 Å². The number of thioether (sulfide) groups is 1. The Hall–Kier alpha value is 0.310. The van der Waals surface area contributed by atoms with Crippen molar-refractivity contribution in [2.24, 2.45) is 11.3 Å². The van der Waals surface area contributed by atoms with Crippen LogP contribution in [0.25, 0.3) is 0 Å². The van der Waals surface area contributed by atoms with Gasteiger partial charge in [-0.15, -0.1) is 0 Å². The van der Waals surface area contributed by atoms with Gasteiger partial charge in [-0.2, -0.15) is 11.8 Å². The van der Waals surface area contributed by atoms with Crippen LogP contribution in [0.3, 0.4) is 0 Å². The fraction of sp³-hybridized carbons (Fsp3) is 1.00. The minimum atomic E-state index is 0.486. The van der Waals surface area contributed by atoms with Crippen molar-refractivity contribution in [2.75, 3.05) is 18.1 Å². The van der Waals surface area contributed by atoms with Gasteiger partial charge in [0.15, 0.2) is 0 Å². The van der Waals surface area contributed by atoms with Crippen LogP contribution in [0.4, 0.5) is 0 Å². The van der Waals surface area contributed by atoms with Crippen LogP contribution in [0.1, 0.15) is 47.0 Å². The Morgan fingerprint density at radius 1 is 1.40 bits per heavy atom. The molecule has 90 valence electrons. The SMILES string of the molecule is CCNC(CCC(C)(C)C)C1CCSC1. The Bertz CT molecular complexity index is 168. The average molecular weight is 229 g/mol. The van der Waals surface area contributed by atoms with Crippen LogP contribution in [0, 0.1) is 11.3 Å². The summed E-state index contributed by atoms with van der Waals surface area (Å²) in [6.45, 7) is 10.4. The molecule has 0 aromatic rings. The molecule has 2 atom stereocenters. The summed E-state index contributed by atoms with van der Waals surface area (Å²) < 4.78 is 0. The molecule has 0 saturated carbocycles. The van der Waals surface area contributed by atoms with Gasteiger partial charge < -0.3 is 5.32 Å². The Morgan fingerprint density at radius 3 is 2.60 bits per heavy atom. The average Bonchev–Trinajstić information content (AvgIpc) is 2.63. The molecule has 0 aromatic heterocycles. The van der Waals surface area contributed by atoms with Crippen molar-refractivity contribution in [3.05, 3.63) is 0 Å². The highest BCUT2D eigenvalue weighted by molar-refractivity contribution is 7.99. The van der Waals surface area contributed by atoms with Gasteiger partial charge >= 0.3 is 0 Å². The topological polar surface area (TPSA) is 12.0 Å². The second-order valence-electron chi connectivity index (χ2n) is 5.89. The predicted octanol–water partition coefficient (Wildman–Crippen LogP) is 3.54. The van der Waals surface area contributed by atoms with E-state index in [4.69, 9.17) is 0 Å². The lowest BCUT2D eigenvalue weighted by atomic mass is 9.85. The van der Waals surface area contributed by atoms with Gasteiger partial charge in [0.05, 0.1) is 0 Å². The van der Waals surface area contributed by atoms with E-state index in [1.807, 2.05) is 0 Å². The molecule has 1 aliphatic heterocycles. The number of nitrogens with one attached hydrogen (secondary N) is 1. The monoisotopic (exact) mass is 229 g/mol. The third kappa shape index (κ3) is 5.26. The second kappa shape index (κ2) is 6.15. The highest BCUT2D eigenvalue weighted by Crippen LogP contribution is 2.30. The zero-order valence-electron chi connectivity index (χ0n) is 10.8. The fourth-order valence-corrected chi connectivity index (χ4v) is 3.56. The van der Waals surface area contributed by atoms with E-state index in [1.54, 1.807) is 0 Å². The predicted molar refractivity (Wildman–Crippen MR) is 71.6 cm³/mol. The molecule has 1 N–H and O–H groups in total. The van der Waals surface area contributed by atoms with Crippen molar-refractivity contribution in [2.45, 2.75) is 53.0 Å². The van der Waals surface area contributed by atoms with Gasteiger partial charge in [-0.05, 0) is 48.6 Å². The summed E-state index contributed by atoms with van der Waals surface area (Å²) in [5.41, 5.74) is 0.486. The fourth-order valence-electron chi connectivity index (χ4n) is 2.23. The van der Waals surface area contributed by atoms with Crippen molar-refractivity contribution >= 4 is 11.8 Å². The maximum atomic E-state index is 3.68. The second-order valence-corrected chi connectivity index (χ2v) is 7.04. The zero-order valence-corrected chi connectivity index (χ0v) is 11.6. The number of rotatable bonds is 5. The molecule has 0 bridgehead atoms. The summed E-state index contributed by atoms with van der Waals surface area (Å²) in [5, 5.41) is 3.68. The molecule has 15 heavy (non-hydrogen) atoms. The minimum Gasteiger partial charge on any atom is -0.314 e. The molecule has 0 aliphatic carbocycles. The Kier molecular flexibility index (Phi) is 5.48. The largest absolute Gasteiger partial charge is 0.314 e. The molecule has 1 rings (SSSR count). The highest BCUT2D eigenvalue weighted by atomic mass is 32.2. The van der Waals surface area contributed by atoms with Gasteiger partial charge in [-0.25, -0.2) is 0 Å². The molecule has 2 unspecified atom stereocenters. The highest BCUT2D eigenvalue weighted by Gasteiger charge is 2.25. The Morgan fingerprint density at radius 2 is 2.13 bits per heavy atom. The van der Waals surface area contributed by atoms with E-state index in [2.05, 4.69) is 44.8 Å².